The van der Waals surface area contributed by atoms with E-state index in [0.717, 1.165) is 39.2 Å². The number of para-hydroxylation sites is 1. The van der Waals surface area contributed by atoms with Crippen LogP contribution in [0.4, 0.5) is 0 Å². The van der Waals surface area contributed by atoms with Crippen molar-refractivity contribution >= 4 is 16.8 Å². The van der Waals surface area contributed by atoms with Crippen LogP contribution in [0.25, 0.3) is 33.4 Å². The standard InChI is InChI=1S/C22H18N2O2/c1-25-21-17(14-6-3-2-4-7-14)8-5-9-18(21)20-13-16-12-15(22(23)24)10-11-19(16)26-20/h2-13H,1H3,(H3,23,24). The maximum Gasteiger partial charge on any atom is 0.139 e. The molecule has 0 spiro atoms. The molecule has 128 valence electrons. The molecule has 0 aliphatic heterocycles. The van der Waals surface area contributed by atoms with Crippen molar-refractivity contribution in [2.45, 2.75) is 0 Å². The van der Waals surface area contributed by atoms with E-state index in [2.05, 4.69) is 12.1 Å². The Kier molecular flexibility index (Phi) is 3.93. The number of furan rings is 1. The van der Waals surface area contributed by atoms with Gasteiger partial charge < -0.3 is 14.9 Å². The van der Waals surface area contributed by atoms with E-state index in [0.29, 0.717) is 5.56 Å². The molecular weight excluding hydrogens is 324 g/mol. The van der Waals surface area contributed by atoms with Crippen molar-refractivity contribution in [2.24, 2.45) is 5.73 Å². The molecule has 0 bridgehead atoms. The lowest BCUT2D eigenvalue weighted by molar-refractivity contribution is 0.416. The van der Waals surface area contributed by atoms with E-state index in [9.17, 15) is 0 Å². The normalized spacial score (nSPS) is 10.8. The van der Waals surface area contributed by atoms with Crippen LogP contribution in [0.1, 0.15) is 5.56 Å². The molecule has 3 N–H and O–H groups in total. The predicted molar refractivity (Wildman–Crippen MR) is 105 cm³/mol. The van der Waals surface area contributed by atoms with Crippen molar-refractivity contribution in [3.05, 3.63) is 78.4 Å². The number of amidine groups is 1. The number of hydrogen-bond acceptors (Lipinski definition) is 3. The van der Waals surface area contributed by atoms with Gasteiger partial charge in [-0.25, -0.2) is 0 Å². The Morgan fingerprint density at radius 1 is 0.923 bits per heavy atom. The predicted octanol–water partition coefficient (Wildman–Crippen LogP) is 5.06. The molecule has 4 heteroatoms. The van der Waals surface area contributed by atoms with E-state index in [4.69, 9.17) is 20.3 Å². The third kappa shape index (κ3) is 2.71. The average molecular weight is 342 g/mol. The molecule has 4 rings (SSSR count). The van der Waals surface area contributed by atoms with Gasteiger partial charge in [-0.15, -0.1) is 0 Å². The van der Waals surface area contributed by atoms with Crippen molar-refractivity contribution in [3.8, 4) is 28.2 Å². The second-order valence-electron chi connectivity index (χ2n) is 6.03. The molecule has 26 heavy (non-hydrogen) atoms. The summed E-state index contributed by atoms with van der Waals surface area (Å²) in [7, 11) is 1.67. The molecule has 0 fully saturated rings. The number of nitrogens with two attached hydrogens (primary N) is 1. The lowest BCUT2D eigenvalue weighted by Crippen LogP contribution is -2.10. The van der Waals surface area contributed by atoms with Crippen LogP contribution in [0.5, 0.6) is 5.75 Å². The molecule has 0 amide bonds. The van der Waals surface area contributed by atoms with Crippen LogP contribution in [0.15, 0.2) is 77.2 Å². The summed E-state index contributed by atoms with van der Waals surface area (Å²) in [5, 5.41) is 8.50. The second-order valence-corrected chi connectivity index (χ2v) is 6.03. The Bertz CT molecular complexity index is 1100. The number of ether oxygens (including phenoxy) is 1. The Labute approximate surface area is 151 Å². The van der Waals surface area contributed by atoms with Crippen molar-refractivity contribution in [1.82, 2.24) is 0 Å². The fraction of sp³-hybridized carbons (Fsp3) is 0.0455. The number of rotatable bonds is 4. The second kappa shape index (κ2) is 6.41. The highest BCUT2D eigenvalue weighted by molar-refractivity contribution is 5.99. The van der Waals surface area contributed by atoms with E-state index in [1.807, 2.05) is 54.6 Å². The summed E-state index contributed by atoms with van der Waals surface area (Å²) in [6, 6.07) is 23.6. The highest BCUT2D eigenvalue weighted by atomic mass is 16.5. The molecule has 0 radical (unpaired) electrons. The van der Waals surface area contributed by atoms with Gasteiger partial charge in [-0.2, -0.15) is 0 Å². The lowest BCUT2D eigenvalue weighted by Gasteiger charge is -2.12. The van der Waals surface area contributed by atoms with Crippen LogP contribution in [-0.4, -0.2) is 12.9 Å². The van der Waals surface area contributed by atoms with Crippen LogP contribution in [-0.2, 0) is 0 Å². The Hall–Kier alpha value is -3.53. The monoisotopic (exact) mass is 342 g/mol. The quantitative estimate of drug-likeness (QED) is 0.402. The van der Waals surface area contributed by atoms with Crippen molar-refractivity contribution in [1.29, 1.82) is 5.41 Å². The minimum atomic E-state index is 0.0401. The summed E-state index contributed by atoms with van der Waals surface area (Å²) in [6.07, 6.45) is 0. The number of nitrogen functional groups attached to an aromatic ring is 1. The molecule has 0 saturated heterocycles. The van der Waals surface area contributed by atoms with Gasteiger partial charge in [-0.3, -0.25) is 5.41 Å². The van der Waals surface area contributed by atoms with Gasteiger partial charge in [0.1, 0.15) is 22.9 Å². The number of fused-ring (bicyclic) bond motifs is 1. The molecule has 4 aromatic rings. The molecule has 0 unspecified atom stereocenters. The summed E-state index contributed by atoms with van der Waals surface area (Å²) in [4.78, 5) is 0. The molecule has 0 aliphatic rings. The van der Waals surface area contributed by atoms with E-state index in [1.54, 1.807) is 13.2 Å². The maximum absolute atomic E-state index is 7.60. The third-order valence-corrected chi connectivity index (χ3v) is 4.40. The van der Waals surface area contributed by atoms with Gasteiger partial charge in [0.05, 0.1) is 12.7 Å². The highest BCUT2D eigenvalue weighted by Gasteiger charge is 2.16. The summed E-state index contributed by atoms with van der Waals surface area (Å²) in [5.74, 6) is 1.53. The van der Waals surface area contributed by atoms with E-state index in [1.165, 1.54) is 0 Å². The minimum Gasteiger partial charge on any atom is -0.495 e. The molecule has 4 nitrogen and oxygen atoms in total. The van der Waals surface area contributed by atoms with Crippen LogP contribution in [0.3, 0.4) is 0 Å². The number of benzene rings is 3. The number of methoxy groups -OCH3 is 1. The summed E-state index contributed by atoms with van der Waals surface area (Å²) in [5.41, 5.74) is 9.99. The fourth-order valence-electron chi connectivity index (χ4n) is 3.14. The number of hydrogen-bond donors (Lipinski definition) is 2. The molecule has 1 heterocycles. The lowest BCUT2D eigenvalue weighted by atomic mass is 10.00. The molecule has 0 aliphatic carbocycles. The van der Waals surface area contributed by atoms with E-state index < -0.39 is 0 Å². The van der Waals surface area contributed by atoms with Crippen molar-refractivity contribution in [2.75, 3.05) is 7.11 Å². The van der Waals surface area contributed by atoms with E-state index in [-0.39, 0.29) is 5.84 Å². The largest absolute Gasteiger partial charge is 0.495 e. The van der Waals surface area contributed by atoms with Gasteiger partial charge in [0, 0.05) is 16.5 Å². The van der Waals surface area contributed by atoms with Gasteiger partial charge in [0.15, 0.2) is 0 Å². The smallest absolute Gasteiger partial charge is 0.139 e. The fourth-order valence-corrected chi connectivity index (χ4v) is 3.14. The number of nitrogens with one attached hydrogen (secondary N) is 1. The summed E-state index contributed by atoms with van der Waals surface area (Å²) in [6.45, 7) is 0. The molecular formula is C22H18N2O2. The Morgan fingerprint density at radius 3 is 2.42 bits per heavy atom. The van der Waals surface area contributed by atoms with Gasteiger partial charge in [-0.1, -0.05) is 42.5 Å². The van der Waals surface area contributed by atoms with Crippen LogP contribution in [0.2, 0.25) is 0 Å². The first-order valence-corrected chi connectivity index (χ1v) is 8.28. The van der Waals surface area contributed by atoms with Gasteiger partial charge >= 0.3 is 0 Å². The van der Waals surface area contributed by atoms with Gasteiger partial charge in [0.2, 0.25) is 0 Å². The maximum atomic E-state index is 7.60. The van der Waals surface area contributed by atoms with Crippen LogP contribution < -0.4 is 10.5 Å². The zero-order chi connectivity index (χ0) is 18.1. The molecule has 0 atom stereocenters. The zero-order valence-electron chi connectivity index (χ0n) is 14.3. The van der Waals surface area contributed by atoms with Gasteiger partial charge in [0.25, 0.3) is 0 Å². The van der Waals surface area contributed by atoms with E-state index >= 15 is 0 Å². The van der Waals surface area contributed by atoms with Crippen molar-refractivity contribution < 1.29 is 9.15 Å². The SMILES string of the molecule is COc1c(-c2ccccc2)cccc1-c1cc2cc(C(=N)N)ccc2o1. The average Bonchev–Trinajstić information content (AvgIpc) is 3.11. The highest BCUT2D eigenvalue weighted by Crippen LogP contribution is 2.40. The first-order chi connectivity index (χ1) is 12.7. The Morgan fingerprint density at radius 2 is 1.69 bits per heavy atom. The first kappa shape index (κ1) is 16.0. The Balaban J connectivity index is 1.88. The molecule has 0 saturated carbocycles. The summed E-state index contributed by atoms with van der Waals surface area (Å²) < 4.78 is 11.8. The first-order valence-electron chi connectivity index (χ1n) is 8.28. The van der Waals surface area contributed by atoms with Gasteiger partial charge in [-0.05, 0) is 35.9 Å². The molecule has 1 aromatic heterocycles. The minimum absolute atomic E-state index is 0.0401. The van der Waals surface area contributed by atoms with Crippen LogP contribution in [0, 0.1) is 5.41 Å². The topological polar surface area (TPSA) is 72.2 Å². The zero-order valence-corrected chi connectivity index (χ0v) is 14.3. The molecule has 3 aromatic carbocycles. The van der Waals surface area contributed by atoms with Crippen molar-refractivity contribution in [3.63, 3.8) is 0 Å². The third-order valence-electron chi connectivity index (χ3n) is 4.40. The summed E-state index contributed by atoms with van der Waals surface area (Å²) >= 11 is 0. The van der Waals surface area contributed by atoms with Crippen LogP contribution >= 0.6 is 0 Å².